The van der Waals surface area contributed by atoms with Crippen molar-refractivity contribution in [1.29, 1.82) is 0 Å². The van der Waals surface area contributed by atoms with Gasteiger partial charge in [-0.2, -0.15) is 0 Å². The van der Waals surface area contributed by atoms with E-state index in [1.165, 1.54) is 0 Å². The molecule has 1 amide bonds. The normalized spacial score (nSPS) is 28.1. The summed E-state index contributed by atoms with van der Waals surface area (Å²) in [6, 6.07) is 0.363. The molecule has 8 heavy (non-hydrogen) atoms. The summed E-state index contributed by atoms with van der Waals surface area (Å²) in [4.78, 5) is 10.5. The largest absolute Gasteiger partial charge is 0.354 e. The molecule has 1 saturated heterocycles. The van der Waals surface area contributed by atoms with E-state index in [0.717, 1.165) is 6.54 Å². The molecule has 1 aliphatic heterocycles. The second kappa shape index (κ2) is 2.13. The van der Waals surface area contributed by atoms with E-state index in [1.54, 1.807) is 0 Å². The number of rotatable bonds is 1. The summed E-state index contributed by atoms with van der Waals surface area (Å²) in [5, 5.41) is 5.73. The molecule has 1 aliphatic rings. The highest BCUT2D eigenvalue weighted by atomic mass is 16.1. The van der Waals surface area contributed by atoms with Crippen LogP contribution in [0.15, 0.2) is 0 Å². The van der Waals surface area contributed by atoms with Crippen LogP contribution < -0.4 is 10.6 Å². The van der Waals surface area contributed by atoms with E-state index in [9.17, 15) is 4.79 Å². The smallest absolute Gasteiger partial charge is 0.221 e. The molecule has 0 spiro atoms. The summed E-state index contributed by atoms with van der Waals surface area (Å²) < 4.78 is 0. The molecule has 1 heterocycles. The minimum atomic E-state index is 0.157. The minimum absolute atomic E-state index is 0.157. The molecular formula is C5H10N2O. The molecule has 3 heteroatoms. The van der Waals surface area contributed by atoms with Gasteiger partial charge in [-0.15, -0.1) is 0 Å². The molecule has 0 aromatic carbocycles. The Hall–Kier alpha value is -0.570. The van der Waals surface area contributed by atoms with Crippen LogP contribution in [0.4, 0.5) is 0 Å². The van der Waals surface area contributed by atoms with Crippen molar-refractivity contribution in [3.8, 4) is 0 Å². The fraction of sp³-hybridized carbons (Fsp3) is 0.800. The van der Waals surface area contributed by atoms with Crippen LogP contribution >= 0.6 is 0 Å². The molecule has 1 rings (SSSR count). The monoisotopic (exact) mass is 114 g/mol. The quantitative estimate of drug-likeness (QED) is 0.463. The van der Waals surface area contributed by atoms with E-state index in [0.29, 0.717) is 12.5 Å². The third kappa shape index (κ3) is 0.980. The molecule has 0 radical (unpaired) electrons. The first-order chi connectivity index (χ1) is 3.83. The van der Waals surface area contributed by atoms with Crippen molar-refractivity contribution in [3.05, 3.63) is 0 Å². The second-order valence-corrected chi connectivity index (χ2v) is 1.99. The lowest BCUT2D eigenvalue weighted by atomic mass is 10.3. The van der Waals surface area contributed by atoms with Gasteiger partial charge in [0.1, 0.15) is 0 Å². The molecule has 0 aromatic heterocycles. The van der Waals surface area contributed by atoms with Crippen LogP contribution in [-0.2, 0) is 4.79 Å². The zero-order chi connectivity index (χ0) is 5.98. The maximum Gasteiger partial charge on any atom is 0.221 e. The molecule has 0 aliphatic carbocycles. The topological polar surface area (TPSA) is 41.1 Å². The number of hydrogen-bond donors (Lipinski definition) is 2. The second-order valence-electron chi connectivity index (χ2n) is 1.99. The summed E-state index contributed by atoms with van der Waals surface area (Å²) >= 11 is 0. The Bertz CT molecular complexity index is 103. The SMILES string of the molecule is CNC1CNC(=O)C1. The lowest BCUT2D eigenvalue weighted by molar-refractivity contribution is -0.119. The number of carbonyl (C=O) groups excluding carboxylic acids is 1. The predicted octanol–water partition coefficient (Wildman–Crippen LogP) is -0.906. The summed E-state index contributed by atoms with van der Waals surface area (Å²) in [5.41, 5.74) is 0. The average Bonchev–Trinajstić information content (AvgIpc) is 2.14. The van der Waals surface area contributed by atoms with Crippen LogP contribution in [0.3, 0.4) is 0 Å². The van der Waals surface area contributed by atoms with E-state index in [4.69, 9.17) is 0 Å². The highest BCUT2D eigenvalue weighted by Gasteiger charge is 2.18. The summed E-state index contributed by atoms with van der Waals surface area (Å²) in [5.74, 6) is 0.157. The van der Waals surface area contributed by atoms with E-state index < -0.39 is 0 Å². The van der Waals surface area contributed by atoms with E-state index in [-0.39, 0.29) is 5.91 Å². The third-order valence-electron chi connectivity index (χ3n) is 1.39. The van der Waals surface area contributed by atoms with Gasteiger partial charge in [-0.1, -0.05) is 0 Å². The van der Waals surface area contributed by atoms with Crippen molar-refractivity contribution < 1.29 is 4.79 Å². The van der Waals surface area contributed by atoms with Gasteiger partial charge in [0.25, 0.3) is 0 Å². The van der Waals surface area contributed by atoms with Crippen LogP contribution in [0.2, 0.25) is 0 Å². The molecule has 1 fully saturated rings. The standard InChI is InChI=1S/C5H10N2O/c1-6-4-2-5(8)7-3-4/h4,6H,2-3H2,1H3,(H,7,8). The molecule has 3 nitrogen and oxygen atoms in total. The van der Waals surface area contributed by atoms with Crippen molar-refractivity contribution >= 4 is 5.91 Å². The Morgan fingerprint density at radius 3 is 2.88 bits per heavy atom. The van der Waals surface area contributed by atoms with Crippen LogP contribution in [0.1, 0.15) is 6.42 Å². The third-order valence-corrected chi connectivity index (χ3v) is 1.39. The Morgan fingerprint density at radius 2 is 2.62 bits per heavy atom. The lowest BCUT2D eigenvalue weighted by Gasteiger charge is -2.00. The molecule has 2 N–H and O–H groups in total. The molecule has 0 aromatic rings. The maximum atomic E-state index is 10.5. The Balaban J connectivity index is 2.32. The van der Waals surface area contributed by atoms with Gasteiger partial charge >= 0.3 is 0 Å². The Kier molecular flexibility index (Phi) is 1.48. The minimum Gasteiger partial charge on any atom is -0.354 e. The van der Waals surface area contributed by atoms with Gasteiger partial charge in [0.15, 0.2) is 0 Å². The van der Waals surface area contributed by atoms with Crippen LogP contribution in [0.5, 0.6) is 0 Å². The van der Waals surface area contributed by atoms with Gasteiger partial charge in [-0.05, 0) is 7.05 Å². The van der Waals surface area contributed by atoms with Crippen molar-refractivity contribution in [2.24, 2.45) is 0 Å². The van der Waals surface area contributed by atoms with Gasteiger partial charge in [0.2, 0.25) is 5.91 Å². The first-order valence-corrected chi connectivity index (χ1v) is 2.77. The highest BCUT2D eigenvalue weighted by molar-refractivity contribution is 5.78. The fourth-order valence-electron chi connectivity index (χ4n) is 0.809. The molecular weight excluding hydrogens is 104 g/mol. The van der Waals surface area contributed by atoms with Crippen molar-refractivity contribution in [3.63, 3.8) is 0 Å². The Labute approximate surface area is 48.5 Å². The van der Waals surface area contributed by atoms with Crippen LogP contribution in [0, 0.1) is 0 Å². The number of hydrogen-bond acceptors (Lipinski definition) is 2. The van der Waals surface area contributed by atoms with Crippen molar-refractivity contribution in [2.45, 2.75) is 12.5 Å². The van der Waals surface area contributed by atoms with Gasteiger partial charge in [-0.3, -0.25) is 4.79 Å². The van der Waals surface area contributed by atoms with Gasteiger partial charge in [0.05, 0.1) is 0 Å². The summed E-state index contributed by atoms with van der Waals surface area (Å²) in [6.07, 6.45) is 0.635. The molecule has 1 atom stereocenters. The Morgan fingerprint density at radius 1 is 1.88 bits per heavy atom. The van der Waals surface area contributed by atoms with E-state index in [2.05, 4.69) is 10.6 Å². The summed E-state index contributed by atoms with van der Waals surface area (Å²) in [6.45, 7) is 0.787. The summed E-state index contributed by atoms with van der Waals surface area (Å²) in [7, 11) is 1.87. The van der Waals surface area contributed by atoms with E-state index >= 15 is 0 Å². The number of nitrogens with one attached hydrogen (secondary N) is 2. The fourth-order valence-corrected chi connectivity index (χ4v) is 0.809. The van der Waals surface area contributed by atoms with Gasteiger partial charge in [0, 0.05) is 19.0 Å². The number of likely N-dealkylation sites (N-methyl/N-ethyl adjacent to an activating group) is 1. The van der Waals surface area contributed by atoms with Crippen LogP contribution in [-0.4, -0.2) is 25.5 Å². The van der Waals surface area contributed by atoms with Gasteiger partial charge < -0.3 is 10.6 Å². The molecule has 0 saturated carbocycles. The predicted molar refractivity (Wildman–Crippen MR) is 30.5 cm³/mol. The number of amides is 1. The van der Waals surface area contributed by atoms with Crippen molar-refractivity contribution in [2.75, 3.05) is 13.6 Å². The van der Waals surface area contributed by atoms with Crippen LogP contribution in [0.25, 0.3) is 0 Å². The molecule has 46 valence electrons. The first-order valence-electron chi connectivity index (χ1n) is 2.77. The zero-order valence-corrected chi connectivity index (χ0v) is 4.90. The number of carbonyl (C=O) groups is 1. The van der Waals surface area contributed by atoms with E-state index in [1.807, 2.05) is 7.05 Å². The average molecular weight is 114 g/mol. The maximum absolute atomic E-state index is 10.5. The zero-order valence-electron chi connectivity index (χ0n) is 4.90. The van der Waals surface area contributed by atoms with Crippen molar-refractivity contribution in [1.82, 2.24) is 10.6 Å². The van der Waals surface area contributed by atoms with Gasteiger partial charge in [-0.25, -0.2) is 0 Å². The lowest BCUT2D eigenvalue weighted by Crippen LogP contribution is -2.26. The highest BCUT2D eigenvalue weighted by Crippen LogP contribution is 1.96. The molecule has 0 bridgehead atoms. The molecule has 1 unspecified atom stereocenters. The first kappa shape index (κ1) is 5.56.